The maximum atomic E-state index is 13.4. The van der Waals surface area contributed by atoms with Crippen molar-refractivity contribution in [2.45, 2.75) is 30.1 Å². The second kappa shape index (κ2) is 7.08. The number of benzene rings is 2. The molecule has 0 N–H and O–H groups in total. The Kier molecular flexibility index (Phi) is 4.87. The Morgan fingerprint density at radius 1 is 1.00 bits per heavy atom. The molecule has 8 heteroatoms. The van der Waals surface area contributed by atoms with Crippen LogP contribution in [0.5, 0.6) is 0 Å². The Labute approximate surface area is 163 Å². The smallest absolute Gasteiger partial charge is 0.248 e. The molecule has 1 saturated carbocycles. The fraction of sp³-hybridized carbons (Fsp3) is 0.450. The molecule has 1 amide bonds. The minimum absolute atomic E-state index is 0.167. The summed E-state index contributed by atoms with van der Waals surface area (Å²) in [5, 5.41) is 1.51. The van der Waals surface area contributed by atoms with Gasteiger partial charge in [-0.1, -0.05) is 36.4 Å². The largest absolute Gasteiger partial charge is 0.340 e. The highest BCUT2D eigenvalue weighted by atomic mass is 32.2. The van der Waals surface area contributed by atoms with Gasteiger partial charge in [0.25, 0.3) is 0 Å². The van der Waals surface area contributed by atoms with Crippen molar-refractivity contribution in [2.24, 2.45) is 5.92 Å². The van der Waals surface area contributed by atoms with Crippen LogP contribution in [0.3, 0.4) is 0 Å². The maximum Gasteiger partial charge on any atom is 0.248 e. The van der Waals surface area contributed by atoms with Crippen molar-refractivity contribution in [1.82, 2.24) is 9.21 Å². The molecule has 0 bridgehead atoms. The van der Waals surface area contributed by atoms with Gasteiger partial charge in [0.1, 0.15) is 0 Å². The number of hydrogen-bond donors (Lipinski definition) is 0. The topological polar surface area (TPSA) is 57.7 Å². The summed E-state index contributed by atoms with van der Waals surface area (Å²) in [5.41, 5.74) is 0. The van der Waals surface area contributed by atoms with E-state index in [1.54, 1.807) is 24.3 Å². The Morgan fingerprint density at radius 2 is 1.68 bits per heavy atom. The van der Waals surface area contributed by atoms with Gasteiger partial charge in [0.15, 0.2) is 0 Å². The highest BCUT2D eigenvalue weighted by Gasteiger charge is 2.44. The normalized spacial score (nSPS) is 23.2. The van der Waals surface area contributed by atoms with Gasteiger partial charge in [0.05, 0.1) is 4.90 Å². The van der Waals surface area contributed by atoms with Gasteiger partial charge in [-0.3, -0.25) is 4.79 Å². The molecule has 1 heterocycles. The van der Waals surface area contributed by atoms with E-state index in [0.717, 1.165) is 5.39 Å². The predicted molar refractivity (Wildman–Crippen MR) is 102 cm³/mol. The van der Waals surface area contributed by atoms with Crippen LogP contribution in [0.25, 0.3) is 10.8 Å². The van der Waals surface area contributed by atoms with Crippen LogP contribution in [0, 0.1) is 5.92 Å². The first kappa shape index (κ1) is 19.3. The van der Waals surface area contributed by atoms with Gasteiger partial charge < -0.3 is 4.90 Å². The number of rotatable bonds is 3. The van der Waals surface area contributed by atoms with Crippen LogP contribution in [0.15, 0.2) is 47.4 Å². The molecule has 2 aliphatic rings. The molecule has 2 fully saturated rings. The van der Waals surface area contributed by atoms with Gasteiger partial charge in [0.2, 0.25) is 21.9 Å². The van der Waals surface area contributed by atoms with E-state index < -0.39 is 28.3 Å². The minimum atomic E-state index is -3.70. The summed E-state index contributed by atoms with van der Waals surface area (Å²) in [7, 11) is -3.70. The number of fused-ring (bicyclic) bond motifs is 1. The Hall–Kier alpha value is -2.06. The Morgan fingerprint density at radius 3 is 2.36 bits per heavy atom. The van der Waals surface area contributed by atoms with E-state index in [9.17, 15) is 22.0 Å². The SMILES string of the molecule is O=C(C1CCC(F)(F)C1)N1CCN(S(=O)(=O)c2cccc3ccccc23)CC1. The average molecular weight is 408 g/mol. The zero-order valence-electron chi connectivity index (χ0n) is 15.4. The fourth-order valence-corrected chi connectivity index (χ4v) is 5.76. The molecule has 4 rings (SSSR count). The molecule has 1 saturated heterocycles. The summed E-state index contributed by atoms with van der Waals surface area (Å²) in [6.07, 6.45) is -0.459. The van der Waals surface area contributed by atoms with E-state index >= 15 is 0 Å². The summed E-state index contributed by atoms with van der Waals surface area (Å²) in [5.74, 6) is -3.70. The van der Waals surface area contributed by atoms with E-state index in [-0.39, 0.29) is 49.8 Å². The van der Waals surface area contributed by atoms with E-state index in [4.69, 9.17) is 0 Å². The molecule has 0 spiro atoms. The highest BCUT2D eigenvalue weighted by molar-refractivity contribution is 7.89. The highest BCUT2D eigenvalue weighted by Crippen LogP contribution is 2.39. The number of halogens is 2. The first-order chi connectivity index (χ1) is 13.3. The number of amides is 1. The van der Waals surface area contributed by atoms with Crippen molar-refractivity contribution in [2.75, 3.05) is 26.2 Å². The van der Waals surface area contributed by atoms with Crippen LogP contribution >= 0.6 is 0 Å². The Bertz CT molecular complexity index is 996. The molecule has 1 aliphatic carbocycles. The van der Waals surface area contributed by atoms with E-state index in [0.29, 0.717) is 5.39 Å². The maximum absolute atomic E-state index is 13.4. The molecule has 28 heavy (non-hydrogen) atoms. The lowest BCUT2D eigenvalue weighted by molar-refractivity contribution is -0.137. The van der Waals surface area contributed by atoms with Gasteiger partial charge in [-0.05, 0) is 17.9 Å². The lowest BCUT2D eigenvalue weighted by Gasteiger charge is -2.35. The summed E-state index contributed by atoms with van der Waals surface area (Å²) in [6.45, 7) is 0.788. The van der Waals surface area contributed by atoms with Crippen LogP contribution in [0.1, 0.15) is 19.3 Å². The zero-order valence-corrected chi connectivity index (χ0v) is 16.2. The number of carbonyl (C=O) groups is 1. The molecule has 1 unspecified atom stereocenters. The standard InChI is InChI=1S/C20H22F2N2O3S/c21-20(22)9-8-16(14-20)19(25)23-10-12-24(13-11-23)28(26,27)18-7-3-5-15-4-1-2-6-17(15)18/h1-7,16H,8-14H2. The Balaban J connectivity index is 1.48. The third-order valence-electron chi connectivity index (χ3n) is 5.67. The number of sulfonamides is 1. The molecule has 2 aromatic carbocycles. The molecule has 150 valence electrons. The second-order valence-electron chi connectivity index (χ2n) is 7.50. The van der Waals surface area contributed by atoms with Crippen molar-refractivity contribution >= 4 is 26.7 Å². The fourth-order valence-electron chi connectivity index (χ4n) is 4.13. The van der Waals surface area contributed by atoms with E-state index in [2.05, 4.69) is 0 Å². The zero-order chi connectivity index (χ0) is 19.9. The van der Waals surface area contributed by atoms with Gasteiger partial charge in [0, 0.05) is 50.3 Å². The van der Waals surface area contributed by atoms with Crippen LogP contribution in [-0.2, 0) is 14.8 Å². The molecule has 1 aliphatic heterocycles. The molecule has 0 radical (unpaired) electrons. The molecule has 1 atom stereocenters. The summed E-state index contributed by atoms with van der Waals surface area (Å²) in [6, 6.07) is 12.5. The van der Waals surface area contributed by atoms with Crippen LogP contribution in [0.2, 0.25) is 0 Å². The molecule has 5 nitrogen and oxygen atoms in total. The van der Waals surface area contributed by atoms with Gasteiger partial charge in [-0.15, -0.1) is 0 Å². The minimum Gasteiger partial charge on any atom is -0.340 e. The van der Waals surface area contributed by atoms with Crippen LogP contribution in [0.4, 0.5) is 8.78 Å². The molecule has 0 aromatic heterocycles. The molecular formula is C20H22F2N2O3S. The predicted octanol–water partition coefficient (Wildman–Crippen LogP) is 3.11. The number of nitrogens with zero attached hydrogens (tertiary/aromatic N) is 2. The lowest BCUT2D eigenvalue weighted by Crippen LogP contribution is -2.51. The van der Waals surface area contributed by atoms with Crippen molar-refractivity contribution < 1.29 is 22.0 Å². The van der Waals surface area contributed by atoms with E-state index in [1.165, 1.54) is 9.21 Å². The lowest BCUT2D eigenvalue weighted by atomic mass is 10.1. The third-order valence-corrected chi connectivity index (χ3v) is 7.63. The third kappa shape index (κ3) is 3.51. The summed E-state index contributed by atoms with van der Waals surface area (Å²) in [4.78, 5) is 14.3. The van der Waals surface area contributed by atoms with Gasteiger partial charge in [-0.25, -0.2) is 17.2 Å². The van der Waals surface area contributed by atoms with E-state index in [1.807, 2.05) is 18.2 Å². The summed E-state index contributed by atoms with van der Waals surface area (Å²) < 4.78 is 54.5. The number of carbonyl (C=O) groups excluding carboxylic acids is 1. The second-order valence-corrected chi connectivity index (χ2v) is 9.41. The number of alkyl halides is 2. The first-order valence-electron chi connectivity index (χ1n) is 9.42. The molecular weight excluding hydrogens is 386 g/mol. The first-order valence-corrected chi connectivity index (χ1v) is 10.9. The van der Waals surface area contributed by atoms with Crippen molar-refractivity contribution in [3.8, 4) is 0 Å². The number of piperazine rings is 1. The quantitative estimate of drug-likeness (QED) is 0.784. The summed E-state index contributed by atoms with van der Waals surface area (Å²) >= 11 is 0. The average Bonchev–Trinajstić information content (AvgIpc) is 3.06. The van der Waals surface area contributed by atoms with Crippen molar-refractivity contribution in [3.63, 3.8) is 0 Å². The van der Waals surface area contributed by atoms with Crippen molar-refractivity contribution in [1.29, 1.82) is 0 Å². The van der Waals surface area contributed by atoms with Gasteiger partial charge >= 0.3 is 0 Å². The monoisotopic (exact) mass is 408 g/mol. The van der Waals surface area contributed by atoms with Crippen LogP contribution < -0.4 is 0 Å². The molecule has 2 aromatic rings. The van der Waals surface area contributed by atoms with Crippen molar-refractivity contribution in [3.05, 3.63) is 42.5 Å². The number of hydrogen-bond acceptors (Lipinski definition) is 3. The van der Waals surface area contributed by atoms with Crippen LogP contribution in [-0.4, -0.2) is 55.6 Å². The van der Waals surface area contributed by atoms with Gasteiger partial charge in [-0.2, -0.15) is 4.31 Å².